The minimum absolute atomic E-state index is 0.0649. The van der Waals surface area contributed by atoms with Crippen molar-refractivity contribution in [1.82, 2.24) is 10.4 Å². The van der Waals surface area contributed by atoms with Gasteiger partial charge in [-0.05, 0) is 27.2 Å². The molecule has 0 aliphatic rings. The molecular formula is C12H24N2O6S. The lowest BCUT2D eigenvalue weighted by molar-refractivity contribution is -0.171. The van der Waals surface area contributed by atoms with Gasteiger partial charge in [0.15, 0.2) is 0 Å². The van der Waals surface area contributed by atoms with Gasteiger partial charge >= 0.3 is 6.09 Å². The fourth-order valence-electron chi connectivity index (χ4n) is 1.35. The number of carbonyl (C=O) groups is 2. The fraction of sp³-hybridized carbons (Fsp3) is 0.833. The van der Waals surface area contributed by atoms with Gasteiger partial charge in [-0.25, -0.2) is 18.3 Å². The average Bonchev–Trinajstić information content (AvgIpc) is 2.29. The molecule has 0 aliphatic heterocycles. The first kappa shape index (κ1) is 19.7. The van der Waals surface area contributed by atoms with Crippen LogP contribution in [0, 0.1) is 0 Å². The van der Waals surface area contributed by atoms with E-state index in [9.17, 15) is 18.0 Å². The summed E-state index contributed by atoms with van der Waals surface area (Å²) < 4.78 is 27.5. The normalized spacial score (nSPS) is 13.4. The monoisotopic (exact) mass is 324 g/mol. The second-order valence-corrected chi connectivity index (χ2v) is 7.90. The largest absolute Gasteiger partial charge is 0.444 e. The quantitative estimate of drug-likeness (QED) is 0.707. The SMILES string of the molecule is CON(C)C(=O)C(CCS(C)(=O)=O)NC(=O)OC(C)(C)C. The molecule has 0 bridgehead atoms. The summed E-state index contributed by atoms with van der Waals surface area (Å²) in [4.78, 5) is 28.5. The van der Waals surface area contributed by atoms with E-state index in [-0.39, 0.29) is 12.2 Å². The Labute approximate surface area is 125 Å². The molecule has 0 fully saturated rings. The Hall–Kier alpha value is -1.35. The molecule has 0 aliphatic carbocycles. The van der Waals surface area contributed by atoms with Crippen molar-refractivity contribution in [2.75, 3.05) is 26.2 Å². The zero-order valence-corrected chi connectivity index (χ0v) is 14.1. The first-order chi connectivity index (χ1) is 9.35. The van der Waals surface area contributed by atoms with Gasteiger partial charge in [-0.2, -0.15) is 0 Å². The van der Waals surface area contributed by atoms with Crippen LogP contribution < -0.4 is 5.32 Å². The van der Waals surface area contributed by atoms with E-state index in [1.54, 1.807) is 20.8 Å². The summed E-state index contributed by atoms with van der Waals surface area (Å²) in [6.45, 7) is 5.05. The molecule has 124 valence electrons. The Bertz CT molecular complexity index is 469. The Morgan fingerprint density at radius 3 is 2.19 bits per heavy atom. The van der Waals surface area contributed by atoms with E-state index in [1.807, 2.05) is 0 Å². The molecule has 0 aromatic rings. The first-order valence-corrected chi connectivity index (χ1v) is 8.40. The minimum atomic E-state index is -3.26. The van der Waals surface area contributed by atoms with E-state index >= 15 is 0 Å². The smallest absolute Gasteiger partial charge is 0.408 e. The van der Waals surface area contributed by atoms with E-state index < -0.39 is 33.5 Å². The van der Waals surface area contributed by atoms with Crippen LogP contribution in [0.15, 0.2) is 0 Å². The summed E-state index contributed by atoms with van der Waals surface area (Å²) in [6, 6.07) is -1.04. The van der Waals surface area contributed by atoms with Gasteiger partial charge in [0.05, 0.1) is 12.9 Å². The molecule has 1 atom stereocenters. The van der Waals surface area contributed by atoms with Crippen molar-refractivity contribution in [3.05, 3.63) is 0 Å². The van der Waals surface area contributed by atoms with Gasteiger partial charge in [-0.3, -0.25) is 9.63 Å². The predicted molar refractivity (Wildman–Crippen MR) is 77.3 cm³/mol. The fourth-order valence-corrected chi connectivity index (χ4v) is 2.01. The number of nitrogens with zero attached hydrogens (tertiary/aromatic N) is 1. The summed E-state index contributed by atoms with van der Waals surface area (Å²) in [6.07, 6.45) is 0.200. The molecule has 0 spiro atoms. The van der Waals surface area contributed by atoms with Crippen molar-refractivity contribution in [3.63, 3.8) is 0 Å². The van der Waals surface area contributed by atoms with Crippen LogP contribution in [0.4, 0.5) is 4.79 Å². The molecule has 8 nitrogen and oxygen atoms in total. The van der Waals surface area contributed by atoms with Crippen LogP contribution in [-0.4, -0.2) is 63.3 Å². The standard InChI is InChI=1S/C12H24N2O6S/c1-12(2,3)20-11(16)13-9(7-8-21(6,17)18)10(15)14(4)19-5/h9H,7-8H2,1-6H3,(H,13,16). The van der Waals surface area contributed by atoms with Gasteiger partial charge in [0.25, 0.3) is 5.91 Å². The highest BCUT2D eigenvalue weighted by Crippen LogP contribution is 2.08. The summed E-state index contributed by atoms with van der Waals surface area (Å²) in [7, 11) is -0.601. The van der Waals surface area contributed by atoms with E-state index in [4.69, 9.17) is 9.57 Å². The second kappa shape index (κ2) is 7.60. The molecule has 9 heteroatoms. The number of rotatable bonds is 6. The number of hydrogen-bond donors (Lipinski definition) is 1. The highest BCUT2D eigenvalue weighted by molar-refractivity contribution is 7.90. The van der Waals surface area contributed by atoms with Crippen LogP contribution in [0.3, 0.4) is 0 Å². The topological polar surface area (TPSA) is 102 Å². The van der Waals surface area contributed by atoms with Gasteiger partial charge in [0, 0.05) is 13.3 Å². The van der Waals surface area contributed by atoms with Gasteiger partial charge in [0.1, 0.15) is 21.5 Å². The lowest BCUT2D eigenvalue weighted by atomic mass is 10.2. The minimum Gasteiger partial charge on any atom is -0.444 e. The Kier molecular flexibility index (Phi) is 7.11. The van der Waals surface area contributed by atoms with Crippen molar-refractivity contribution in [2.24, 2.45) is 0 Å². The molecule has 1 unspecified atom stereocenters. The van der Waals surface area contributed by atoms with Crippen molar-refractivity contribution < 1.29 is 27.6 Å². The molecule has 0 saturated carbocycles. The third-order valence-corrected chi connectivity index (χ3v) is 3.33. The van der Waals surface area contributed by atoms with Gasteiger partial charge in [-0.1, -0.05) is 0 Å². The number of hydroxylamine groups is 2. The highest BCUT2D eigenvalue weighted by atomic mass is 32.2. The maximum absolute atomic E-state index is 12.0. The number of ether oxygens (including phenoxy) is 1. The predicted octanol–water partition coefficient (Wildman–Crippen LogP) is 0.334. The molecule has 0 saturated heterocycles. The number of likely N-dealkylation sites (N-methyl/N-ethyl adjacent to an activating group) is 1. The molecule has 0 heterocycles. The Morgan fingerprint density at radius 1 is 1.29 bits per heavy atom. The number of amides is 2. The van der Waals surface area contributed by atoms with E-state index in [2.05, 4.69) is 5.32 Å². The van der Waals surface area contributed by atoms with Crippen molar-refractivity contribution >= 4 is 21.8 Å². The molecule has 0 rings (SSSR count). The van der Waals surface area contributed by atoms with Crippen LogP contribution in [0.2, 0.25) is 0 Å². The molecule has 2 amide bonds. The van der Waals surface area contributed by atoms with E-state index in [0.717, 1.165) is 11.3 Å². The average molecular weight is 324 g/mol. The molecule has 1 N–H and O–H groups in total. The maximum atomic E-state index is 12.0. The van der Waals surface area contributed by atoms with Gasteiger partial charge in [-0.15, -0.1) is 0 Å². The summed E-state index contributed by atoms with van der Waals surface area (Å²) in [5, 5.41) is 3.29. The van der Waals surface area contributed by atoms with E-state index in [0.29, 0.717) is 0 Å². The second-order valence-electron chi connectivity index (χ2n) is 5.64. The Balaban J connectivity index is 4.88. The van der Waals surface area contributed by atoms with E-state index in [1.165, 1.54) is 14.2 Å². The molecule has 0 aromatic carbocycles. The number of carbonyl (C=O) groups excluding carboxylic acids is 2. The lowest BCUT2D eigenvalue weighted by Gasteiger charge is -2.25. The molecule has 0 radical (unpaired) electrons. The number of sulfone groups is 1. The van der Waals surface area contributed by atoms with Gasteiger partial charge < -0.3 is 10.1 Å². The zero-order chi connectivity index (χ0) is 16.8. The first-order valence-electron chi connectivity index (χ1n) is 6.34. The molecular weight excluding hydrogens is 300 g/mol. The maximum Gasteiger partial charge on any atom is 0.408 e. The molecule has 21 heavy (non-hydrogen) atoms. The zero-order valence-electron chi connectivity index (χ0n) is 13.3. The van der Waals surface area contributed by atoms with Crippen LogP contribution >= 0.6 is 0 Å². The third kappa shape index (κ3) is 9.24. The Morgan fingerprint density at radius 2 is 1.81 bits per heavy atom. The number of hydrogen-bond acceptors (Lipinski definition) is 6. The van der Waals surface area contributed by atoms with Crippen LogP contribution in [0.5, 0.6) is 0 Å². The molecule has 0 aromatic heterocycles. The summed E-state index contributed by atoms with van der Waals surface area (Å²) in [5.74, 6) is -0.802. The van der Waals surface area contributed by atoms with Crippen molar-refractivity contribution in [1.29, 1.82) is 0 Å². The van der Waals surface area contributed by atoms with Gasteiger partial charge in [0.2, 0.25) is 0 Å². The summed E-state index contributed by atoms with van der Waals surface area (Å²) >= 11 is 0. The summed E-state index contributed by atoms with van der Waals surface area (Å²) in [5.41, 5.74) is -0.721. The van der Waals surface area contributed by atoms with Crippen LogP contribution in [-0.2, 0) is 24.2 Å². The third-order valence-electron chi connectivity index (χ3n) is 2.35. The lowest BCUT2D eigenvalue weighted by Crippen LogP contribution is -2.49. The highest BCUT2D eigenvalue weighted by Gasteiger charge is 2.27. The van der Waals surface area contributed by atoms with Crippen molar-refractivity contribution in [2.45, 2.75) is 38.8 Å². The number of nitrogens with one attached hydrogen (secondary N) is 1. The van der Waals surface area contributed by atoms with Crippen LogP contribution in [0.25, 0.3) is 0 Å². The number of alkyl carbamates (subject to hydrolysis) is 1. The van der Waals surface area contributed by atoms with Crippen LogP contribution in [0.1, 0.15) is 27.2 Å². The van der Waals surface area contributed by atoms with Crippen molar-refractivity contribution in [3.8, 4) is 0 Å².